The lowest BCUT2D eigenvalue weighted by molar-refractivity contribution is 0.170. The van der Waals surface area contributed by atoms with Crippen LogP contribution in [0.4, 0.5) is 0 Å². The van der Waals surface area contributed by atoms with Crippen molar-refractivity contribution < 1.29 is 9.47 Å². The van der Waals surface area contributed by atoms with Crippen LogP contribution in [0.5, 0.6) is 11.5 Å². The minimum atomic E-state index is 0.199. The first-order valence-electron chi connectivity index (χ1n) is 5.29. The number of rotatable bonds is 3. The van der Waals surface area contributed by atoms with Crippen molar-refractivity contribution in [3.63, 3.8) is 0 Å². The fraction of sp³-hybridized carbons (Fsp3) is 0.500. The predicted octanol–water partition coefficient (Wildman–Crippen LogP) is 3.02. The van der Waals surface area contributed by atoms with Crippen molar-refractivity contribution in [3.05, 3.63) is 23.8 Å². The van der Waals surface area contributed by atoms with Crippen LogP contribution in [0.1, 0.15) is 18.9 Å². The van der Waals surface area contributed by atoms with Gasteiger partial charge in [0.05, 0.1) is 0 Å². The third-order valence-corrected chi connectivity index (χ3v) is 2.68. The molecule has 1 unspecified atom stereocenters. The molecule has 0 N–H and O–H groups in total. The number of ether oxygens (including phenoxy) is 2. The largest absolute Gasteiger partial charge is 0.486 e. The number of benzene rings is 1. The zero-order valence-corrected chi connectivity index (χ0v) is 9.59. The molecule has 0 fully saturated rings. The molecule has 0 radical (unpaired) electrons. The zero-order chi connectivity index (χ0) is 10.7. The van der Waals surface area contributed by atoms with Gasteiger partial charge < -0.3 is 9.47 Å². The average Bonchev–Trinajstić information content (AvgIpc) is 2.26. The highest BCUT2D eigenvalue weighted by atomic mass is 35.5. The molecule has 0 bridgehead atoms. The van der Waals surface area contributed by atoms with Gasteiger partial charge >= 0.3 is 0 Å². The Kier molecular flexibility index (Phi) is 3.37. The van der Waals surface area contributed by atoms with Gasteiger partial charge in [0.15, 0.2) is 11.5 Å². The highest BCUT2D eigenvalue weighted by Gasteiger charge is 2.15. The summed E-state index contributed by atoms with van der Waals surface area (Å²) in [6.45, 7) is 3.29. The number of alkyl halides is 1. The van der Waals surface area contributed by atoms with E-state index in [1.165, 1.54) is 5.56 Å². The number of hydrogen-bond donors (Lipinski definition) is 0. The first-order chi connectivity index (χ1) is 7.27. The summed E-state index contributed by atoms with van der Waals surface area (Å²) in [7, 11) is 0. The van der Waals surface area contributed by atoms with Crippen molar-refractivity contribution in [1.82, 2.24) is 0 Å². The lowest BCUT2D eigenvalue weighted by atomic mass is 10.1. The minimum Gasteiger partial charge on any atom is -0.486 e. The molecule has 0 aromatic heterocycles. The Morgan fingerprint density at radius 1 is 1.33 bits per heavy atom. The Morgan fingerprint density at radius 3 is 2.93 bits per heavy atom. The monoisotopic (exact) mass is 226 g/mol. The average molecular weight is 227 g/mol. The molecule has 1 heterocycles. The molecular formula is C12H15ClO2. The third kappa shape index (κ3) is 2.57. The SMILES string of the molecule is CC(Cl)CCc1cccc2c1OCCO2. The molecule has 0 spiro atoms. The molecule has 1 aliphatic rings. The van der Waals surface area contributed by atoms with E-state index in [0.717, 1.165) is 24.3 Å². The van der Waals surface area contributed by atoms with Gasteiger partial charge in [-0.1, -0.05) is 12.1 Å². The van der Waals surface area contributed by atoms with Crippen LogP contribution in [-0.4, -0.2) is 18.6 Å². The van der Waals surface area contributed by atoms with E-state index in [1.54, 1.807) is 0 Å². The second-order valence-electron chi connectivity index (χ2n) is 3.76. The zero-order valence-electron chi connectivity index (χ0n) is 8.83. The summed E-state index contributed by atoms with van der Waals surface area (Å²) in [6, 6.07) is 6.02. The Balaban J connectivity index is 2.16. The lowest BCUT2D eigenvalue weighted by Crippen LogP contribution is -2.16. The fourth-order valence-electron chi connectivity index (χ4n) is 1.69. The van der Waals surface area contributed by atoms with Crippen LogP contribution in [0.25, 0.3) is 0 Å². The maximum Gasteiger partial charge on any atom is 0.164 e. The van der Waals surface area contributed by atoms with Crippen LogP contribution in [0.3, 0.4) is 0 Å². The van der Waals surface area contributed by atoms with Gasteiger partial charge in [0.2, 0.25) is 0 Å². The van der Waals surface area contributed by atoms with E-state index in [2.05, 4.69) is 6.07 Å². The molecular weight excluding hydrogens is 212 g/mol. The first kappa shape index (κ1) is 10.6. The van der Waals surface area contributed by atoms with Crippen LogP contribution in [0.2, 0.25) is 0 Å². The van der Waals surface area contributed by atoms with Crippen molar-refractivity contribution in [1.29, 1.82) is 0 Å². The van der Waals surface area contributed by atoms with E-state index in [4.69, 9.17) is 21.1 Å². The van der Waals surface area contributed by atoms with E-state index in [-0.39, 0.29) is 5.38 Å². The molecule has 1 aromatic rings. The maximum atomic E-state index is 5.94. The van der Waals surface area contributed by atoms with Gasteiger partial charge in [-0.3, -0.25) is 0 Å². The standard InChI is InChI=1S/C12H15ClO2/c1-9(13)5-6-10-3-2-4-11-12(10)15-8-7-14-11/h2-4,9H,5-8H2,1H3. The van der Waals surface area contributed by atoms with E-state index >= 15 is 0 Å². The highest BCUT2D eigenvalue weighted by Crippen LogP contribution is 2.34. The van der Waals surface area contributed by atoms with E-state index in [9.17, 15) is 0 Å². The quantitative estimate of drug-likeness (QED) is 0.738. The van der Waals surface area contributed by atoms with Crippen LogP contribution in [0, 0.1) is 0 Å². The van der Waals surface area contributed by atoms with Crippen LogP contribution < -0.4 is 9.47 Å². The molecule has 3 heteroatoms. The second-order valence-corrected chi connectivity index (χ2v) is 4.51. The van der Waals surface area contributed by atoms with Gasteiger partial charge in [-0.15, -0.1) is 11.6 Å². The van der Waals surface area contributed by atoms with Crippen LogP contribution >= 0.6 is 11.6 Å². The molecule has 15 heavy (non-hydrogen) atoms. The highest BCUT2D eigenvalue weighted by molar-refractivity contribution is 6.20. The summed E-state index contributed by atoms with van der Waals surface area (Å²) < 4.78 is 11.1. The number of para-hydroxylation sites is 1. The molecule has 2 nitrogen and oxygen atoms in total. The second kappa shape index (κ2) is 4.75. The van der Waals surface area contributed by atoms with Crippen LogP contribution in [0.15, 0.2) is 18.2 Å². The van der Waals surface area contributed by atoms with E-state index in [1.807, 2.05) is 19.1 Å². The topological polar surface area (TPSA) is 18.5 Å². The number of aryl methyl sites for hydroxylation is 1. The van der Waals surface area contributed by atoms with Gasteiger partial charge in [0, 0.05) is 5.38 Å². The van der Waals surface area contributed by atoms with Gasteiger partial charge in [-0.05, 0) is 31.4 Å². The predicted molar refractivity (Wildman–Crippen MR) is 61.1 cm³/mol. The molecule has 1 atom stereocenters. The Hall–Kier alpha value is -0.890. The molecule has 0 saturated carbocycles. The molecule has 82 valence electrons. The fourth-order valence-corrected chi connectivity index (χ4v) is 1.79. The summed E-state index contributed by atoms with van der Waals surface area (Å²) >= 11 is 5.94. The number of hydrogen-bond acceptors (Lipinski definition) is 2. The minimum absolute atomic E-state index is 0.199. The normalized spacial score (nSPS) is 16.1. The van der Waals surface area contributed by atoms with Crippen molar-refractivity contribution >= 4 is 11.6 Å². The van der Waals surface area contributed by atoms with Crippen molar-refractivity contribution in [2.45, 2.75) is 25.1 Å². The molecule has 0 aliphatic carbocycles. The maximum absolute atomic E-state index is 5.94. The van der Waals surface area contributed by atoms with Gasteiger partial charge in [0.25, 0.3) is 0 Å². The smallest absolute Gasteiger partial charge is 0.164 e. The molecule has 2 rings (SSSR count). The lowest BCUT2D eigenvalue weighted by Gasteiger charge is -2.21. The summed E-state index contributed by atoms with van der Waals surface area (Å²) in [6.07, 6.45) is 1.90. The summed E-state index contributed by atoms with van der Waals surface area (Å²) in [4.78, 5) is 0. The molecule has 1 aliphatic heterocycles. The molecule has 0 saturated heterocycles. The van der Waals surface area contributed by atoms with Gasteiger partial charge in [0.1, 0.15) is 13.2 Å². The third-order valence-electron chi connectivity index (χ3n) is 2.46. The first-order valence-corrected chi connectivity index (χ1v) is 5.72. The van der Waals surface area contributed by atoms with Gasteiger partial charge in [-0.25, -0.2) is 0 Å². The Bertz CT molecular complexity index is 336. The van der Waals surface area contributed by atoms with Crippen LogP contribution in [-0.2, 0) is 6.42 Å². The number of halogens is 1. The van der Waals surface area contributed by atoms with Crippen molar-refractivity contribution in [2.24, 2.45) is 0 Å². The van der Waals surface area contributed by atoms with Gasteiger partial charge in [-0.2, -0.15) is 0 Å². The molecule has 1 aromatic carbocycles. The summed E-state index contributed by atoms with van der Waals surface area (Å²) in [5.74, 6) is 1.77. The van der Waals surface area contributed by atoms with Crippen molar-refractivity contribution in [2.75, 3.05) is 13.2 Å². The summed E-state index contributed by atoms with van der Waals surface area (Å²) in [5.41, 5.74) is 1.19. The Labute approximate surface area is 95.1 Å². The summed E-state index contributed by atoms with van der Waals surface area (Å²) in [5, 5.41) is 0.199. The van der Waals surface area contributed by atoms with E-state index in [0.29, 0.717) is 13.2 Å². The molecule has 0 amide bonds. The van der Waals surface area contributed by atoms with E-state index < -0.39 is 0 Å². The number of fused-ring (bicyclic) bond motifs is 1. The Morgan fingerprint density at radius 2 is 2.13 bits per heavy atom. The van der Waals surface area contributed by atoms with Crippen molar-refractivity contribution in [3.8, 4) is 11.5 Å².